The average molecular weight is 200 g/mol. The Morgan fingerprint density at radius 3 is 2.60 bits per heavy atom. The summed E-state index contributed by atoms with van der Waals surface area (Å²) in [5.74, 6) is 2.27. The van der Waals surface area contributed by atoms with Gasteiger partial charge < -0.3 is 10.2 Å². The van der Waals surface area contributed by atoms with Gasteiger partial charge in [-0.25, -0.2) is 4.98 Å². The highest BCUT2D eigenvalue weighted by molar-refractivity contribution is 5.59. The predicted molar refractivity (Wildman–Crippen MR) is 58.3 cm³/mol. The molecule has 0 atom stereocenters. The zero-order valence-corrected chi connectivity index (χ0v) is 8.31. The van der Waals surface area contributed by atoms with Crippen molar-refractivity contribution in [3.05, 3.63) is 36.4 Å². The van der Waals surface area contributed by atoms with Crippen molar-refractivity contribution in [3.8, 4) is 11.3 Å². The van der Waals surface area contributed by atoms with E-state index in [9.17, 15) is 0 Å². The fourth-order valence-corrected chi connectivity index (χ4v) is 1.59. The molecule has 0 amide bonds. The van der Waals surface area contributed by atoms with Gasteiger partial charge in [-0.2, -0.15) is 0 Å². The number of benzene rings is 1. The summed E-state index contributed by atoms with van der Waals surface area (Å²) in [5, 5.41) is 0. The summed E-state index contributed by atoms with van der Waals surface area (Å²) >= 11 is 0. The molecule has 0 spiro atoms. The maximum atomic E-state index is 5.68. The summed E-state index contributed by atoms with van der Waals surface area (Å²) < 4.78 is 5.68. The van der Waals surface area contributed by atoms with Crippen molar-refractivity contribution < 1.29 is 4.42 Å². The number of oxazole rings is 1. The summed E-state index contributed by atoms with van der Waals surface area (Å²) in [6.45, 7) is 0. The number of nitrogen functional groups attached to an aromatic ring is 1. The zero-order valence-electron chi connectivity index (χ0n) is 8.31. The fourth-order valence-electron chi connectivity index (χ4n) is 1.59. The van der Waals surface area contributed by atoms with E-state index in [1.54, 1.807) is 6.20 Å². The lowest BCUT2D eigenvalue weighted by Gasteiger charge is -1.96. The van der Waals surface area contributed by atoms with Gasteiger partial charge in [-0.3, -0.25) is 0 Å². The molecule has 1 aromatic heterocycles. The number of nitrogens with two attached hydrogens (primary N) is 1. The van der Waals surface area contributed by atoms with Crippen LogP contribution in [0.15, 0.2) is 34.9 Å². The number of rotatable bonds is 2. The molecule has 0 radical (unpaired) electrons. The molecule has 0 aliphatic heterocycles. The number of anilines is 1. The molecule has 0 saturated heterocycles. The number of hydrogen-bond acceptors (Lipinski definition) is 3. The molecule has 2 N–H and O–H groups in total. The third-order valence-corrected chi connectivity index (χ3v) is 2.65. The van der Waals surface area contributed by atoms with E-state index in [4.69, 9.17) is 10.2 Å². The summed E-state index contributed by atoms with van der Waals surface area (Å²) in [6, 6.07) is 7.64. The molecule has 2 aromatic rings. The summed E-state index contributed by atoms with van der Waals surface area (Å²) in [5.41, 5.74) is 7.42. The molecule has 3 heteroatoms. The first-order valence-corrected chi connectivity index (χ1v) is 5.14. The van der Waals surface area contributed by atoms with E-state index in [0.717, 1.165) is 22.9 Å². The van der Waals surface area contributed by atoms with Gasteiger partial charge in [-0.1, -0.05) is 0 Å². The Morgan fingerprint density at radius 1 is 1.20 bits per heavy atom. The van der Waals surface area contributed by atoms with E-state index in [2.05, 4.69) is 4.98 Å². The molecule has 0 unspecified atom stereocenters. The second-order valence-electron chi connectivity index (χ2n) is 3.96. The summed E-state index contributed by atoms with van der Waals surface area (Å²) in [7, 11) is 0. The molecule has 15 heavy (non-hydrogen) atoms. The molecular weight excluding hydrogens is 188 g/mol. The van der Waals surface area contributed by atoms with Crippen LogP contribution >= 0.6 is 0 Å². The largest absolute Gasteiger partial charge is 0.440 e. The van der Waals surface area contributed by atoms with Gasteiger partial charge >= 0.3 is 0 Å². The lowest BCUT2D eigenvalue weighted by Crippen LogP contribution is -1.82. The molecular formula is C12H12N2O. The minimum atomic E-state index is 0.563. The van der Waals surface area contributed by atoms with Gasteiger partial charge in [0, 0.05) is 17.2 Å². The number of aromatic nitrogens is 1. The van der Waals surface area contributed by atoms with Crippen molar-refractivity contribution in [3.63, 3.8) is 0 Å². The molecule has 1 aromatic carbocycles. The lowest BCUT2D eigenvalue weighted by atomic mass is 10.2. The molecule has 3 nitrogen and oxygen atoms in total. The molecule has 1 heterocycles. The van der Waals surface area contributed by atoms with Crippen LogP contribution in [0, 0.1) is 0 Å². The van der Waals surface area contributed by atoms with E-state index in [1.807, 2.05) is 24.3 Å². The van der Waals surface area contributed by atoms with Gasteiger partial charge in [0.1, 0.15) is 0 Å². The van der Waals surface area contributed by atoms with Gasteiger partial charge in [0.25, 0.3) is 0 Å². The van der Waals surface area contributed by atoms with Crippen molar-refractivity contribution >= 4 is 5.69 Å². The first kappa shape index (κ1) is 8.53. The molecule has 1 aliphatic rings. The smallest absolute Gasteiger partial charge is 0.198 e. The molecule has 3 rings (SSSR count). The van der Waals surface area contributed by atoms with Crippen LogP contribution in [0.4, 0.5) is 5.69 Å². The molecule has 1 aliphatic carbocycles. The molecule has 1 saturated carbocycles. The molecule has 1 fully saturated rings. The SMILES string of the molecule is Nc1ccc(-c2cnc(C3CC3)o2)cc1. The van der Waals surface area contributed by atoms with Crippen molar-refractivity contribution in [1.82, 2.24) is 4.98 Å². The van der Waals surface area contributed by atoms with E-state index in [-0.39, 0.29) is 0 Å². The summed E-state index contributed by atoms with van der Waals surface area (Å²) in [6.07, 6.45) is 4.21. The Morgan fingerprint density at radius 2 is 1.93 bits per heavy atom. The maximum Gasteiger partial charge on any atom is 0.198 e. The van der Waals surface area contributed by atoms with E-state index in [0.29, 0.717) is 5.92 Å². The lowest BCUT2D eigenvalue weighted by molar-refractivity contribution is 0.509. The number of hydrogen-bond donors (Lipinski definition) is 1. The summed E-state index contributed by atoms with van der Waals surface area (Å²) in [4.78, 5) is 4.28. The highest BCUT2D eigenvalue weighted by atomic mass is 16.4. The Bertz CT molecular complexity index is 469. The van der Waals surface area contributed by atoms with Gasteiger partial charge in [-0.05, 0) is 37.1 Å². The Kier molecular flexibility index (Phi) is 1.78. The van der Waals surface area contributed by atoms with Crippen LogP contribution in [0.5, 0.6) is 0 Å². The van der Waals surface area contributed by atoms with Crippen LogP contribution in [0.1, 0.15) is 24.7 Å². The minimum Gasteiger partial charge on any atom is -0.440 e. The van der Waals surface area contributed by atoms with Gasteiger partial charge in [0.2, 0.25) is 0 Å². The van der Waals surface area contributed by atoms with Crippen molar-refractivity contribution in [2.75, 3.05) is 5.73 Å². The van der Waals surface area contributed by atoms with Crippen LogP contribution in [-0.4, -0.2) is 4.98 Å². The number of nitrogens with zero attached hydrogens (tertiary/aromatic N) is 1. The standard InChI is InChI=1S/C12H12N2O/c13-10-5-3-8(4-6-10)11-7-14-12(15-11)9-1-2-9/h3-7,9H,1-2,13H2. The van der Waals surface area contributed by atoms with Gasteiger partial charge in [-0.15, -0.1) is 0 Å². The Balaban J connectivity index is 1.93. The van der Waals surface area contributed by atoms with Gasteiger partial charge in [0.15, 0.2) is 11.7 Å². The second kappa shape index (κ2) is 3.12. The predicted octanol–water partition coefficient (Wildman–Crippen LogP) is 2.80. The van der Waals surface area contributed by atoms with Crippen molar-refractivity contribution in [1.29, 1.82) is 0 Å². The third-order valence-electron chi connectivity index (χ3n) is 2.65. The zero-order chi connectivity index (χ0) is 10.3. The topological polar surface area (TPSA) is 52.0 Å². The first-order valence-electron chi connectivity index (χ1n) is 5.14. The monoisotopic (exact) mass is 200 g/mol. The third kappa shape index (κ3) is 1.61. The van der Waals surface area contributed by atoms with Crippen LogP contribution in [-0.2, 0) is 0 Å². The van der Waals surface area contributed by atoms with Crippen LogP contribution in [0.3, 0.4) is 0 Å². The second-order valence-corrected chi connectivity index (χ2v) is 3.96. The Hall–Kier alpha value is -1.77. The highest BCUT2D eigenvalue weighted by Gasteiger charge is 2.28. The van der Waals surface area contributed by atoms with Crippen LogP contribution in [0.25, 0.3) is 11.3 Å². The quantitative estimate of drug-likeness (QED) is 0.758. The maximum absolute atomic E-state index is 5.68. The van der Waals surface area contributed by atoms with Crippen molar-refractivity contribution in [2.24, 2.45) is 0 Å². The van der Waals surface area contributed by atoms with Crippen molar-refractivity contribution in [2.45, 2.75) is 18.8 Å². The van der Waals surface area contributed by atoms with E-state index >= 15 is 0 Å². The average Bonchev–Trinajstić information content (AvgIpc) is 2.99. The fraction of sp³-hybridized carbons (Fsp3) is 0.250. The Labute approximate surface area is 87.9 Å². The van der Waals surface area contributed by atoms with Crippen LogP contribution in [0.2, 0.25) is 0 Å². The van der Waals surface area contributed by atoms with E-state index < -0.39 is 0 Å². The normalized spacial score (nSPS) is 15.5. The molecule has 76 valence electrons. The molecule has 0 bridgehead atoms. The van der Waals surface area contributed by atoms with Crippen LogP contribution < -0.4 is 5.73 Å². The minimum absolute atomic E-state index is 0.563. The highest BCUT2D eigenvalue weighted by Crippen LogP contribution is 2.40. The first-order chi connectivity index (χ1) is 7.33. The van der Waals surface area contributed by atoms with Gasteiger partial charge in [0.05, 0.1) is 6.20 Å². The van der Waals surface area contributed by atoms with E-state index in [1.165, 1.54) is 12.8 Å².